The zero-order valence-electron chi connectivity index (χ0n) is 13.9. The van der Waals surface area contributed by atoms with Gasteiger partial charge in [0.25, 0.3) is 5.56 Å². The number of carbonyl (C=O) groups excluding carboxylic acids is 1. The second kappa shape index (κ2) is 5.45. The smallest absolute Gasteiger partial charge is 0.262 e. The number of aromatic nitrogens is 3. The molecule has 0 aromatic carbocycles. The highest BCUT2D eigenvalue weighted by molar-refractivity contribution is 7.18. The van der Waals surface area contributed by atoms with Gasteiger partial charge in [0.05, 0.1) is 18.3 Å². The first-order valence-corrected chi connectivity index (χ1v) is 8.24. The number of rotatable bonds is 3. The molecule has 0 aliphatic rings. The molecule has 0 aliphatic carbocycles. The highest BCUT2D eigenvalue weighted by Gasteiger charge is 2.17. The van der Waals surface area contributed by atoms with Gasteiger partial charge in [-0.05, 0) is 39.3 Å². The summed E-state index contributed by atoms with van der Waals surface area (Å²) in [6.07, 6.45) is 1.48. The Hall–Kier alpha value is -2.21. The molecule has 0 radical (unpaired) electrons. The van der Waals surface area contributed by atoms with Crippen LogP contribution in [0.1, 0.15) is 32.2 Å². The van der Waals surface area contributed by atoms with E-state index in [1.165, 1.54) is 22.2 Å². The van der Waals surface area contributed by atoms with Gasteiger partial charge in [0.2, 0.25) is 0 Å². The number of hydrogen-bond donors (Lipinski definition) is 0. The lowest BCUT2D eigenvalue weighted by molar-refractivity contribution is 0.0970. The van der Waals surface area contributed by atoms with E-state index in [4.69, 9.17) is 0 Å². The van der Waals surface area contributed by atoms with Crippen LogP contribution in [0.15, 0.2) is 17.2 Å². The minimum Gasteiger partial charge on any atom is -0.351 e. The fraction of sp³-hybridized carbons (Fsp3) is 0.353. The molecule has 0 N–H and O–H groups in total. The summed E-state index contributed by atoms with van der Waals surface area (Å²) in [5, 5.41) is 0.628. The molecule has 0 fully saturated rings. The van der Waals surface area contributed by atoms with Crippen molar-refractivity contribution in [3.63, 3.8) is 0 Å². The van der Waals surface area contributed by atoms with Crippen molar-refractivity contribution < 1.29 is 4.79 Å². The first-order chi connectivity index (χ1) is 10.8. The number of fused-ring (bicyclic) bond motifs is 1. The minimum atomic E-state index is -0.143. The fourth-order valence-corrected chi connectivity index (χ4v) is 3.75. The normalized spacial score (nSPS) is 11.3. The van der Waals surface area contributed by atoms with Crippen molar-refractivity contribution in [3.05, 3.63) is 50.1 Å². The summed E-state index contributed by atoms with van der Waals surface area (Å²) in [6.45, 7) is 7.79. The van der Waals surface area contributed by atoms with Gasteiger partial charge in [0, 0.05) is 28.9 Å². The van der Waals surface area contributed by atoms with E-state index in [0.717, 1.165) is 26.7 Å². The number of hydrogen-bond acceptors (Lipinski definition) is 4. The van der Waals surface area contributed by atoms with E-state index in [9.17, 15) is 9.59 Å². The van der Waals surface area contributed by atoms with Crippen molar-refractivity contribution in [2.45, 2.75) is 34.2 Å². The monoisotopic (exact) mass is 329 g/mol. The molecule has 3 aromatic heterocycles. The van der Waals surface area contributed by atoms with Crippen LogP contribution in [0.2, 0.25) is 0 Å². The highest BCUT2D eigenvalue weighted by atomic mass is 32.1. The molecule has 0 saturated heterocycles. The van der Waals surface area contributed by atoms with Crippen molar-refractivity contribution in [2.75, 3.05) is 0 Å². The van der Waals surface area contributed by atoms with Gasteiger partial charge in [-0.2, -0.15) is 0 Å². The first kappa shape index (κ1) is 15.7. The standard InChI is InChI=1S/C17H19N3O2S/c1-9-6-13(11(3)19(9)5)14(21)7-20-8-18-16-15(17(20)22)10(2)12(4)23-16/h6,8H,7H2,1-5H3. The Morgan fingerprint density at radius 1 is 1.26 bits per heavy atom. The Bertz CT molecular complexity index is 992. The van der Waals surface area contributed by atoms with Crippen LogP contribution in [0, 0.1) is 27.7 Å². The van der Waals surface area contributed by atoms with Crippen molar-refractivity contribution in [1.82, 2.24) is 14.1 Å². The van der Waals surface area contributed by atoms with Crippen LogP contribution in [-0.4, -0.2) is 19.9 Å². The number of carbonyl (C=O) groups is 1. The molecule has 3 aromatic rings. The average molecular weight is 329 g/mol. The van der Waals surface area contributed by atoms with Crippen LogP contribution < -0.4 is 5.56 Å². The molecule has 0 spiro atoms. The molecule has 6 heteroatoms. The summed E-state index contributed by atoms with van der Waals surface area (Å²) >= 11 is 1.51. The molecule has 3 heterocycles. The SMILES string of the molecule is Cc1sc2ncn(CC(=O)c3cc(C)n(C)c3C)c(=O)c2c1C. The summed E-state index contributed by atoms with van der Waals surface area (Å²) in [6, 6.07) is 1.87. The van der Waals surface area contributed by atoms with E-state index >= 15 is 0 Å². The zero-order valence-corrected chi connectivity index (χ0v) is 14.7. The van der Waals surface area contributed by atoms with Gasteiger partial charge in [0.1, 0.15) is 4.83 Å². The van der Waals surface area contributed by atoms with Crippen LogP contribution >= 0.6 is 11.3 Å². The van der Waals surface area contributed by atoms with E-state index in [1.807, 2.05) is 45.4 Å². The molecule has 3 rings (SSSR count). The maximum absolute atomic E-state index is 12.7. The van der Waals surface area contributed by atoms with E-state index < -0.39 is 0 Å². The maximum atomic E-state index is 12.7. The molecule has 5 nitrogen and oxygen atoms in total. The van der Waals surface area contributed by atoms with Crippen LogP contribution in [0.4, 0.5) is 0 Å². The predicted molar refractivity (Wildman–Crippen MR) is 92.6 cm³/mol. The first-order valence-electron chi connectivity index (χ1n) is 7.42. The molecule has 0 bridgehead atoms. The van der Waals surface area contributed by atoms with Crippen LogP contribution in [-0.2, 0) is 13.6 Å². The zero-order chi connectivity index (χ0) is 16.9. The molecule has 23 heavy (non-hydrogen) atoms. The number of ketones is 1. The summed E-state index contributed by atoms with van der Waals surface area (Å²) in [4.78, 5) is 31.4. The van der Waals surface area contributed by atoms with Gasteiger partial charge in [-0.3, -0.25) is 14.2 Å². The average Bonchev–Trinajstić information content (AvgIpc) is 2.94. The van der Waals surface area contributed by atoms with Gasteiger partial charge >= 0.3 is 0 Å². The van der Waals surface area contributed by atoms with Crippen molar-refractivity contribution >= 4 is 27.3 Å². The van der Waals surface area contributed by atoms with Crippen molar-refractivity contribution in [1.29, 1.82) is 0 Å². The maximum Gasteiger partial charge on any atom is 0.262 e. The van der Waals surface area contributed by atoms with Gasteiger partial charge in [0.15, 0.2) is 5.78 Å². The second-order valence-corrected chi connectivity index (χ2v) is 7.11. The van der Waals surface area contributed by atoms with E-state index in [2.05, 4.69) is 4.98 Å². The largest absolute Gasteiger partial charge is 0.351 e. The third-order valence-electron chi connectivity index (χ3n) is 4.55. The molecule has 120 valence electrons. The van der Waals surface area contributed by atoms with Crippen LogP contribution in [0.25, 0.3) is 10.2 Å². The van der Waals surface area contributed by atoms with E-state index in [-0.39, 0.29) is 17.9 Å². The molecular weight excluding hydrogens is 310 g/mol. The van der Waals surface area contributed by atoms with Gasteiger partial charge in [-0.15, -0.1) is 11.3 Å². The third-order valence-corrected chi connectivity index (χ3v) is 5.66. The van der Waals surface area contributed by atoms with Gasteiger partial charge in [-0.1, -0.05) is 0 Å². The molecule has 0 unspecified atom stereocenters. The lowest BCUT2D eigenvalue weighted by Crippen LogP contribution is -2.24. The molecule has 0 atom stereocenters. The van der Waals surface area contributed by atoms with Crippen molar-refractivity contribution in [2.24, 2.45) is 7.05 Å². The minimum absolute atomic E-state index is 0.0143. The Labute approximate surface area is 138 Å². The summed E-state index contributed by atoms with van der Waals surface area (Å²) in [5.41, 5.74) is 3.41. The Morgan fingerprint density at radius 3 is 2.57 bits per heavy atom. The fourth-order valence-electron chi connectivity index (χ4n) is 2.76. The highest BCUT2D eigenvalue weighted by Crippen LogP contribution is 2.25. The molecule has 0 saturated carbocycles. The quantitative estimate of drug-likeness (QED) is 0.694. The van der Waals surface area contributed by atoms with Gasteiger partial charge in [-0.25, -0.2) is 4.98 Å². The number of aryl methyl sites for hydroxylation is 3. The Balaban J connectivity index is 2.03. The molecule has 0 amide bonds. The summed E-state index contributed by atoms with van der Waals surface area (Å²) in [5.74, 6) is -0.0703. The van der Waals surface area contributed by atoms with E-state index in [0.29, 0.717) is 10.9 Å². The van der Waals surface area contributed by atoms with Crippen molar-refractivity contribution in [3.8, 4) is 0 Å². The molecular formula is C17H19N3O2S. The predicted octanol–water partition coefficient (Wildman–Crippen LogP) is 2.91. The number of nitrogens with zero attached hydrogens (tertiary/aromatic N) is 3. The Morgan fingerprint density at radius 2 is 1.96 bits per heavy atom. The Kier molecular flexibility index (Phi) is 3.72. The lowest BCUT2D eigenvalue weighted by atomic mass is 10.1. The van der Waals surface area contributed by atoms with Crippen LogP contribution in [0.5, 0.6) is 0 Å². The number of thiophene rings is 1. The summed E-state index contributed by atoms with van der Waals surface area (Å²) in [7, 11) is 1.93. The van der Waals surface area contributed by atoms with Crippen LogP contribution in [0.3, 0.4) is 0 Å². The summed E-state index contributed by atoms with van der Waals surface area (Å²) < 4.78 is 3.38. The van der Waals surface area contributed by atoms with Gasteiger partial charge < -0.3 is 4.57 Å². The lowest BCUT2D eigenvalue weighted by Gasteiger charge is -2.05. The molecule has 0 aliphatic heterocycles. The third kappa shape index (κ3) is 2.43. The van der Waals surface area contributed by atoms with E-state index in [1.54, 1.807) is 0 Å². The second-order valence-electron chi connectivity index (χ2n) is 5.91. The number of Topliss-reactive ketones (excluding diaryl/α,β-unsaturated/α-hetero) is 1. The topological polar surface area (TPSA) is 56.9 Å².